The van der Waals surface area contributed by atoms with Gasteiger partial charge in [0.1, 0.15) is 36.6 Å². The summed E-state index contributed by atoms with van der Waals surface area (Å²) in [6.45, 7) is 3.49. The summed E-state index contributed by atoms with van der Waals surface area (Å²) in [6, 6.07) is -1.19. The van der Waals surface area contributed by atoms with Crippen LogP contribution in [0, 0.1) is 0 Å². The fourth-order valence-corrected chi connectivity index (χ4v) is 11.9. The van der Waals surface area contributed by atoms with Crippen molar-refractivity contribution in [2.24, 2.45) is 0 Å². The van der Waals surface area contributed by atoms with E-state index in [-0.39, 0.29) is 12.8 Å². The molecule has 1 aliphatic heterocycles. The molecule has 9 atom stereocenters. The van der Waals surface area contributed by atoms with Gasteiger partial charge in [-0.15, -0.1) is 0 Å². The zero-order chi connectivity index (χ0) is 62.4. The molecule has 1 amide bonds. The second kappa shape index (κ2) is 63.2. The monoisotopic (exact) mass is 1220 g/mol. The van der Waals surface area contributed by atoms with E-state index in [9.17, 15) is 40.5 Å². The van der Waals surface area contributed by atoms with Crippen molar-refractivity contribution in [2.75, 3.05) is 13.2 Å². The SMILES string of the molecule is CCCCCCCCCCCCCCC/C=C\C/C=C\CCCCCCCCCCCCCCCCCCC(O)C(=O)NC(COC1OC(CO)C(O)C(O)C1O)C(O)C(O)CCC/C=C/CC/C=C/CCCCCCCCCCCCCCCC. The van der Waals surface area contributed by atoms with E-state index < -0.39 is 74.2 Å². The van der Waals surface area contributed by atoms with Gasteiger partial charge in [0, 0.05) is 0 Å². The van der Waals surface area contributed by atoms with Crippen LogP contribution in [0.1, 0.15) is 354 Å². The van der Waals surface area contributed by atoms with E-state index >= 15 is 0 Å². The Kier molecular flexibility index (Phi) is 60.3. The summed E-state index contributed by atoms with van der Waals surface area (Å²) >= 11 is 0. The van der Waals surface area contributed by atoms with Gasteiger partial charge in [0.2, 0.25) is 5.91 Å². The fourth-order valence-electron chi connectivity index (χ4n) is 11.9. The van der Waals surface area contributed by atoms with Gasteiger partial charge in [-0.3, -0.25) is 4.79 Å². The number of nitrogens with one attached hydrogen (secondary N) is 1. The molecule has 86 heavy (non-hydrogen) atoms. The average molecular weight is 1220 g/mol. The lowest BCUT2D eigenvalue weighted by Crippen LogP contribution is -2.60. The van der Waals surface area contributed by atoms with Crippen molar-refractivity contribution < 1.29 is 50.0 Å². The highest BCUT2D eigenvalue weighted by Gasteiger charge is 2.44. The molecule has 0 radical (unpaired) electrons. The number of rotatable bonds is 65. The lowest BCUT2D eigenvalue weighted by atomic mass is 9.98. The molecule has 0 bridgehead atoms. The molecule has 0 saturated carbocycles. The van der Waals surface area contributed by atoms with Crippen LogP contribution in [-0.2, 0) is 14.3 Å². The van der Waals surface area contributed by atoms with Gasteiger partial charge in [-0.25, -0.2) is 0 Å². The average Bonchev–Trinajstić information content (AvgIpc) is 2.54. The van der Waals surface area contributed by atoms with Gasteiger partial charge in [0.05, 0.1) is 25.4 Å². The quantitative estimate of drug-likeness (QED) is 0.0215. The van der Waals surface area contributed by atoms with Gasteiger partial charge in [0.25, 0.3) is 0 Å². The zero-order valence-corrected chi connectivity index (χ0v) is 56.1. The molecular formula is C75H141NO10. The van der Waals surface area contributed by atoms with Gasteiger partial charge in [-0.2, -0.15) is 0 Å². The molecule has 11 nitrogen and oxygen atoms in total. The van der Waals surface area contributed by atoms with Crippen LogP contribution >= 0.6 is 0 Å². The van der Waals surface area contributed by atoms with Crippen molar-refractivity contribution in [3.05, 3.63) is 48.6 Å². The number of unbranched alkanes of at least 4 members (excludes halogenated alkanes) is 45. The van der Waals surface area contributed by atoms with E-state index in [0.29, 0.717) is 19.3 Å². The second-order valence-electron chi connectivity index (χ2n) is 26.0. The van der Waals surface area contributed by atoms with E-state index in [0.717, 1.165) is 44.9 Å². The Balaban J connectivity index is 2.17. The summed E-state index contributed by atoms with van der Waals surface area (Å²) in [4.78, 5) is 13.3. The molecule has 0 aromatic rings. The number of ether oxygens (including phenoxy) is 2. The predicted octanol–water partition coefficient (Wildman–Crippen LogP) is 18.3. The van der Waals surface area contributed by atoms with Crippen LogP contribution in [0.3, 0.4) is 0 Å². The maximum Gasteiger partial charge on any atom is 0.249 e. The molecule has 1 fully saturated rings. The van der Waals surface area contributed by atoms with Crippen LogP contribution in [0.15, 0.2) is 48.6 Å². The number of allylic oxidation sites excluding steroid dienone is 8. The largest absolute Gasteiger partial charge is 0.394 e. The van der Waals surface area contributed by atoms with Gasteiger partial charge in [0.15, 0.2) is 6.29 Å². The molecule has 11 heteroatoms. The maximum atomic E-state index is 13.3. The number of carbonyl (C=O) groups excluding carboxylic acids is 1. The summed E-state index contributed by atoms with van der Waals surface area (Å²) in [5.41, 5.74) is 0. The van der Waals surface area contributed by atoms with Crippen molar-refractivity contribution in [3.63, 3.8) is 0 Å². The minimum atomic E-state index is -1.67. The first kappa shape index (κ1) is 82.1. The highest BCUT2D eigenvalue weighted by atomic mass is 16.7. The summed E-state index contributed by atoms with van der Waals surface area (Å²) in [5.74, 6) is -0.706. The van der Waals surface area contributed by atoms with E-state index in [1.807, 2.05) is 0 Å². The minimum Gasteiger partial charge on any atom is -0.394 e. The van der Waals surface area contributed by atoms with Crippen LogP contribution in [0.4, 0.5) is 0 Å². The summed E-state index contributed by atoms with van der Waals surface area (Å²) in [5, 5.41) is 76.5. The molecule has 1 saturated heterocycles. The number of carbonyl (C=O) groups is 1. The van der Waals surface area contributed by atoms with Crippen LogP contribution in [0.25, 0.3) is 0 Å². The Morgan fingerprint density at radius 2 is 0.733 bits per heavy atom. The van der Waals surface area contributed by atoms with Crippen LogP contribution in [-0.4, -0.2) is 110 Å². The highest BCUT2D eigenvalue weighted by Crippen LogP contribution is 2.24. The molecule has 0 aliphatic carbocycles. The van der Waals surface area contributed by atoms with Crippen molar-refractivity contribution in [3.8, 4) is 0 Å². The Morgan fingerprint density at radius 3 is 1.10 bits per heavy atom. The molecule has 1 aliphatic rings. The molecule has 0 spiro atoms. The molecule has 506 valence electrons. The van der Waals surface area contributed by atoms with E-state index in [1.54, 1.807) is 0 Å². The Hall–Kier alpha value is -1.93. The molecule has 1 heterocycles. The highest BCUT2D eigenvalue weighted by molar-refractivity contribution is 5.80. The first-order valence-electron chi connectivity index (χ1n) is 37.0. The van der Waals surface area contributed by atoms with Gasteiger partial charge in [-0.05, 0) is 83.5 Å². The maximum absolute atomic E-state index is 13.3. The fraction of sp³-hybridized carbons (Fsp3) is 0.880. The van der Waals surface area contributed by atoms with Crippen molar-refractivity contribution in [1.82, 2.24) is 5.32 Å². The Morgan fingerprint density at radius 1 is 0.407 bits per heavy atom. The first-order valence-corrected chi connectivity index (χ1v) is 37.0. The normalized spacial score (nSPS) is 19.0. The van der Waals surface area contributed by atoms with Gasteiger partial charge in [-0.1, -0.05) is 319 Å². The van der Waals surface area contributed by atoms with Gasteiger partial charge < -0.3 is 50.5 Å². The van der Waals surface area contributed by atoms with Crippen molar-refractivity contribution in [1.29, 1.82) is 0 Å². The summed E-state index contributed by atoms with van der Waals surface area (Å²) < 4.78 is 11.2. The molecule has 0 aromatic carbocycles. The summed E-state index contributed by atoms with van der Waals surface area (Å²) in [7, 11) is 0. The number of aliphatic hydroxyl groups excluding tert-OH is 7. The lowest BCUT2D eigenvalue weighted by molar-refractivity contribution is -0.303. The van der Waals surface area contributed by atoms with Crippen LogP contribution in [0.2, 0.25) is 0 Å². The third kappa shape index (κ3) is 49.8. The van der Waals surface area contributed by atoms with E-state index in [1.165, 1.54) is 263 Å². The van der Waals surface area contributed by atoms with E-state index in [2.05, 4.69) is 67.8 Å². The zero-order valence-electron chi connectivity index (χ0n) is 56.1. The van der Waals surface area contributed by atoms with E-state index in [4.69, 9.17) is 9.47 Å². The lowest BCUT2D eigenvalue weighted by Gasteiger charge is -2.40. The number of hydrogen-bond donors (Lipinski definition) is 8. The number of hydrogen-bond acceptors (Lipinski definition) is 10. The number of amides is 1. The summed E-state index contributed by atoms with van der Waals surface area (Å²) in [6.07, 6.45) is 72.1. The van der Waals surface area contributed by atoms with Gasteiger partial charge >= 0.3 is 0 Å². The Labute approximate surface area is 529 Å². The van der Waals surface area contributed by atoms with Crippen LogP contribution in [0.5, 0.6) is 0 Å². The second-order valence-corrected chi connectivity index (χ2v) is 26.0. The first-order chi connectivity index (χ1) is 42.2. The van der Waals surface area contributed by atoms with Crippen LogP contribution < -0.4 is 5.32 Å². The molecule has 0 aromatic heterocycles. The van der Waals surface area contributed by atoms with Crippen molar-refractivity contribution in [2.45, 2.75) is 409 Å². The molecule has 1 rings (SSSR count). The Bertz CT molecular complexity index is 1540. The third-order valence-electron chi connectivity index (χ3n) is 17.8. The minimum absolute atomic E-state index is 0.247. The standard InChI is InChI=1S/C75H141NO10/c1-3-5-7-9-11-13-15-17-19-21-23-25-27-28-29-30-31-32-33-34-35-36-37-38-39-41-43-45-47-49-51-53-55-57-59-61-63-68(79)74(84)76-66(65-85-75-73(83)72(82)71(81)69(64-77)86-75)70(80)67(78)62-60-58-56-54-52-50-48-46-44-42-40-26-24-22-20-18-16-14-12-10-8-6-4-2/h29-30,32-33,46,48,54,56,66-73,75,77-83H,3-28,31,34-45,47,49-53,55,57-65H2,1-2H3,(H,76,84)/b30-29-,33-32-,48-46+,56-54+. The number of aliphatic hydroxyl groups is 7. The molecular weight excluding hydrogens is 1070 g/mol. The third-order valence-corrected chi connectivity index (χ3v) is 17.8. The topological polar surface area (TPSA) is 189 Å². The predicted molar refractivity (Wildman–Crippen MR) is 362 cm³/mol. The smallest absolute Gasteiger partial charge is 0.249 e. The van der Waals surface area contributed by atoms with Crippen molar-refractivity contribution >= 4 is 5.91 Å². The molecule has 9 unspecified atom stereocenters. The molecule has 8 N–H and O–H groups in total.